The Bertz CT molecular complexity index is 683. The number of rotatable bonds is 4. The second-order valence-electron chi connectivity index (χ2n) is 4.17. The van der Waals surface area contributed by atoms with Crippen molar-refractivity contribution in [2.45, 2.75) is 6.10 Å². The summed E-state index contributed by atoms with van der Waals surface area (Å²) in [5.74, 6) is 5.03. The first-order valence-electron chi connectivity index (χ1n) is 6.07. The van der Waals surface area contributed by atoms with E-state index in [-0.39, 0.29) is 0 Å². The number of hydrazine groups is 1. The van der Waals surface area contributed by atoms with Gasteiger partial charge in [0.05, 0.1) is 5.56 Å². The predicted molar refractivity (Wildman–Crippen MR) is 81.0 cm³/mol. The van der Waals surface area contributed by atoms with Crippen molar-refractivity contribution in [3.63, 3.8) is 0 Å². The topological polar surface area (TPSA) is 88.1 Å². The highest BCUT2D eigenvalue weighted by Crippen LogP contribution is 2.27. The van der Waals surface area contributed by atoms with Gasteiger partial charge < -0.3 is 4.74 Å². The Morgan fingerprint density at radius 3 is 2.62 bits per heavy atom. The largest absolute Gasteiger partial charge is 0.474 e. The normalized spacial score (nSPS) is 11.3. The van der Waals surface area contributed by atoms with Crippen molar-refractivity contribution in [1.82, 2.24) is 5.43 Å². The van der Waals surface area contributed by atoms with Crippen molar-refractivity contribution in [1.29, 1.82) is 5.26 Å². The van der Waals surface area contributed by atoms with Gasteiger partial charge in [-0.15, -0.1) is 0 Å². The fourth-order valence-electron chi connectivity index (χ4n) is 1.80. The number of carbonyl (C=O) groups excluding carboxylic acids is 1. The van der Waals surface area contributed by atoms with Crippen LogP contribution in [0.4, 0.5) is 0 Å². The Balaban J connectivity index is 2.37. The number of amides is 1. The van der Waals surface area contributed by atoms with Crippen molar-refractivity contribution in [3.8, 4) is 11.8 Å². The van der Waals surface area contributed by atoms with Crippen LogP contribution in [0.5, 0.6) is 5.75 Å². The van der Waals surface area contributed by atoms with Crippen molar-refractivity contribution in [2.75, 3.05) is 0 Å². The molecule has 0 aliphatic carbocycles. The number of hydrogen-bond donors (Lipinski definition) is 2. The number of nitriles is 1. The van der Waals surface area contributed by atoms with E-state index < -0.39 is 12.0 Å². The fraction of sp³-hybridized carbons (Fsp3) is 0.0667. The van der Waals surface area contributed by atoms with Crippen molar-refractivity contribution in [3.05, 3.63) is 64.1 Å². The summed E-state index contributed by atoms with van der Waals surface area (Å²) in [5.41, 5.74) is 3.05. The molecule has 0 aromatic heterocycles. The van der Waals surface area contributed by atoms with Crippen molar-refractivity contribution < 1.29 is 9.53 Å². The van der Waals surface area contributed by atoms with Crippen molar-refractivity contribution in [2.24, 2.45) is 5.84 Å². The van der Waals surface area contributed by atoms with Gasteiger partial charge in [-0.3, -0.25) is 10.2 Å². The van der Waals surface area contributed by atoms with Gasteiger partial charge in [0, 0.05) is 10.0 Å². The molecule has 0 heterocycles. The number of halogens is 1. The third-order valence-corrected chi connectivity index (χ3v) is 3.28. The van der Waals surface area contributed by atoms with Gasteiger partial charge in [0.15, 0.2) is 0 Å². The van der Waals surface area contributed by atoms with E-state index in [9.17, 15) is 4.79 Å². The molecule has 0 fully saturated rings. The molecule has 1 atom stereocenters. The minimum atomic E-state index is -0.926. The zero-order valence-electron chi connectivity index (χ0n) is 10.9. The molecule has 1 unspecified atom stereocenters. The van der Waals surface area contributed by atoms with Gasteiger partial charge in [0.2, 0.25) is 6.10 Å². The van der Waals surface area contributed by atoms with E-state index in [1.807, 2.05) is 12.1 Å². The second-order valence-corrected chi connectivity index (χ2v) is 5.09. The summed E-state index contributed by atoms with van der Waals surface area (Å²) in [6, 6.07) is 15.9. The van der Waals surface area contributed by atoms with Crippen LogP contribution >= 0.6 is 15.9 Å². The maximum absolute atomic E-state index is 11.9. The van der Waals surface area contributed by atoms with Gasteiger partial charge in [-0.2, -0.15) is 5.26 Å². The molecular weight excluding hydrogens is 334 g/mol. The number of carbonyl (C=O) groups is 1. The first-order chi connectivity index (χ1) is 10.2. The van der Waals surface area contributed by atoms with Crippen LogP contribution in [-0.4, -0.2) is 5.91 Å². The number of nitrogens with two attached hydrogens (primary N) is 1. The summed E-state index contributed by atoms with van der Waals surface area (Å²) < 4.78 is 6.45. The van der Waals surface area contributed by atoms with Crippen molar-refractivity contribution >= 4 is 21.8 Å². The second kappa shape index (κ2) is 6.88. The molecule has 106 valence electrons. The molecular formula is C15H12BrN3O2. The lowest BCUT2D eigenvalue weighted by Gasteiger charge is -2.18. The molecule has 0 saturated heterocycles. The summed E-state index contributed by atoms with van der Waals surface area (Å²) in [6.45, 7) is 0. The smallest absolute Gasteiger partial charge is 0.279 e. The lowest BCUT2D eigenvalue weighted by Crippen LogP contribution is -2.37. The number of ether oxygens (including phenoxy) is 1. The van der Waals surface area contributed by atoms with E-state index in [2.05, 4.69) is 21.4 Å². The first kappa shape index (κ1) is 15.0. The minimum Gasteiger partial charge on any atom is -0.474 e. The lowest BCUT2D eigenvalue weighted by atomic mass is 10.1. The molecule has 2 aromatic rings. The Morgan fingerprint density at radius 1 is 1.29 bits per heavy atom. The molecule has 6 heteroatoms. The summed E-state index contributed by atoms with van der Waals surface area (Å²) >= 11 is 3.28. The molecule has 2 rings (SSSR count). The number of nitrogens with zero attached hydrogens (tertiary/aromatic N) is 1. The Hall–Kier alpha value is -2.36. The number of nitrogens with one attached hydrogen (secondary N) is 1. The van der Waals surface area contributed by atoms with Gasteiger partial charge >= 0.3 is 0 Å². The van der Waals surface area contributed by atoms with Crippen LogP contribution in [0.1, 0.15) is 17.2 Å². The maximum Gasteiger partial charge on any atom is 0.279 e. The zero-order valence-corrected chi connectivity index (χ0v) is 12.5. The van der Waals surface area contributed by atoms with Crippen LogP contribution in [0.15, 0.2) is 53.0 Å². The summed E-state index contributed by atoms with van der Waals surface area (Å²) in [4.78, 5) is 11.9. The summed E-state index contributed by atoms with van der Waals surface area (Å²) in [7, 11) is 0. The molecule has 0 aliphatic heterocycles. The van der Waals surface area contributed by atoms with Crippen LogP contribution in [0.25, 0.3) is 0 Å². The third kappa shape index (κ3) is 3.60. The highest BCUT2D eigenvalue weighted by Gasteiger charge is 2.23. The standard InChI is InChI=1S/C15H12BrN3O2/c16-12-6-7-13(11(8-12)9-17)21-14(15(20)19-18)10-4-2-1-3-5-10/h1-8,14H,18H2,(H,19,20). The molecule has 2 aromatic carbocycles. The Labute approximate surface area is 130 Å². The fourth-order valence-corrected chi connectivity index (χ4v) is 2.16. The Kier molecular flexibility index (Phi) is 4.93. The SMILES string of the molecule is N#Cc1cc(Br)ccc1OC(C(=O)NN)c1ccccc1. The molecule has 0 spiro atoms. The van der Waals surface area contributed by atoms with Crippen LogP contribution < -0.4 is 16.0 Å². The van der Waals surface area contributed by atoms with E-state index >= 15 is 0 Å². The van der Waals surface area contributed by atoms with Gasteiger partial charge in [-0.25, -0.2) is 5.84 Å². The lowest BCUT2D eigenvalue weighted by molar-refractivity contribution is -0.128. The summed E-state index contributed by atoms with van der Waals surface area (Å²) in [5, 5.41) is 9.15. The average Bonchev–Trinajstić information content (AvgIpc) is 2.53. The number of benzene rings is 2. The van der Waals surface area contributed by atoms with E-state index in [0.29, 0.717) is 16.9 Å². The highest BCUT2D eigenvalue weighted by molar-refractivity contribution is 9.10. The Morgan fingerprint density at radius 2 is 2.00 bits per heavy atom. The monoisotopic (exact) mass is 345 g/mol. The molecule has 5 nitrogen and oxygen atoms in total. The van der Waals surface area contributed by atoms with Crippen LogP contribution in [0.3, 0.4) is 0 Å². The molecule has 0 radical (unpaired) electrons. The van der Waals surface area contributed by atoms with E-state index in [0.717, 1.165) is 4.47 Å². The molecule has 0 aliphatic rings. The minimum absolute atomic E-state index is 0.318. The molecule has 1 amide bonds. The van der Waals surface area contributed by atoms with Gasteiger partial charge in [0.25, 0.3) is 5.91 Å². The summed E-state index contributed by atoms with van der Waals surface area (Å²) in [6.07, 6.45) is -0.926. The van der Waals surface area contributed by atoms with Gasteiger partial charge in [-0.1, -0.05) is 46.3 Å². The average molecular weight is 346 g/mol. The van der Waals surface area contributed by atoms with E-state index in [1.165, 1.54) is 0 Å². The van der Waals surface area contributed by atoms with Crippen LogP contribution in [0.2, 0.25) is 0 Å². The molecule has 0 saturated carbocycles. The maximum atomic E-state index is 11.9. The van der Waals surface area contributed by atoms with Crippen LogP contribution in [0, 0.1) is 11.3 Å². The first-order valence-corrected chi connectivity index (χ1v) is 6.86. The van der Waals surface area contributed by atoms with Crippen LogP contribution in [-0.2, 0) is 4.79 Å². The van der Waals surface area contributed by atoms with E-state index in [1.54, 1.807) is 42.5 Å². The van der Waals surface area contributed by atoms with Gasteiger partial charge in [-0.05, 0) is 18.2 Å². The number of hydrogen-bond acceptors (Lipinski definition) is 4. The third-order valence-electron chi connectivity index (χ3n) is 2.79. The van der Waals surface area contributed by atoms with E-state index in [4.69, 9.17) is 15.8 Å². The zero-order chi connectivity index (χ0) is 15.2. The predicted octanol–water partition coefficient (Wildman–Crippen LogP) is 2.43. The molecule has 3 N–H and O–H groups in total. The highest BCUT2D eigenvalue weighted by atomic mass is 79.9. The quantitative estimate of drug-likeness (QED) is 0.506. The van der Waals surface area contributed by atoms with Gasteiger partial charge in [0.1, 0.15) is 11.8 Å². The molecule has 0 bridgehead atoms. The molecule has 21 heavy (non-hydrogen) atoms.